The molecule has 2 N–H and O–H groups in total. The monoisotopic (exact) mass is 378 g/mol. The zero-order valence-electron chi connectivity index (χ0n) is 14.9. The molecule has 1 atom stereocenters. The molecule has 0 aromatic carbocycles. The van der Waals surface area contributed by atoms with Crippen LogP contribution in [0.2, 0.25) is 0 Å². The van der Waals surface area contributed by atoms with Gasteiger partial charge in [0, 0.05) is 24.4 Å². The summed E-state index contributed by atoms with van der Waals surface area (Å²) in [6.45, 7) is 6.17. The number of rotatable bonds is 9. The van der Waals surface area contributed by atoms with E-state index in [9.17, 15) is 9.59 Å². The molecule has 0 spiro atoms. The summed E-state index contributed by atoms with van der Waals surface area (Å²) >= 11 is 1.24. The SMILES string of the molecule is CCOc1ncccc1CNC(=O)CSC(C)C(=O)Nc1cc(C)on1. The molecule has 0 bridgehead atoms. The summed E-state index contributed by atoms with van der Waals surface area (Å²) < 4.78 is 10.3. The third-order valence-electron chi connectivity index (χ3n) is 3.32. The van der Waals surface area contributed by atoms with Crippen molar-refractivity contribution in [3.05, 3.63) is 35.7 Å². The Kier molecular flexibility index (Phi) is 7.46. The fraction of sp³-hybridized carbons (Fsp3) is 0.412. The molecule has 9 heteroatoms. The molecule has 0 fully saturated rings. The highest BCUT2D eigenvalue weighted by molar-refractivity contribution is 8.01. The zero-order chi connectivity index (χ0) is 18.9. The summed E-state index contributed by atoms with van der Waals surface area (Å²) in [7, 11) is 0. The molecule has 0 saturated carbocycles. The first kappa shape index (κ1) is 19.8. The second-order valence-corrected chi connectivity index (χ2v) is 6.77. The van der Waals surface area contributed by atoms with Crippen LogP contribution >= 0.6 is 11.8 Å². The number of thioether (sulfide) groups is 1. The molecule has 0 saturated heterocycles. The number of aromatic nitrogens is 2. The normalized spacial score (nSPS) is 11.7. The molecule has 2 aromatic heterocycles. The standard InChI is InChI=1S/C17H22N4O4S/c1-4-24-17-13(6-5-7-18-17)9-19-15(22)10-26-12(3)16(23)20-14-8-11(2)25-21-14/h5-8,12H,4,9-10H2,1-3H3,(H,19,22)(H,20,21,23). The first-order valence-electron chi connectivity index (χ1n) is 8.18. The predicted molar refractivity (Wildman–Crippen MR) is 99.0 cm³/mol. The van der Waals surface area contributed by atoms with E-state index in [-0.39, 0.29) is 17.6 Å². The number of hydrogen-bond acceptors (Lipinski definition) is 7. The van der Waals surface area contributed by atoms with Crippen LogP contribution in [0.5, 0.6) is 5.88 Å². The van der Waals surface area contributed by atoms with Gasteiger partial charge < -0.3 is 19.9 Å². The van der Waals surface area contributed by atoms with Gasteiger partial charge in [0.25, 0.3) is 0 Å². The van der Waals surface area contributed by atoms with Crippen LogP contribution in [0, 0.1) is 6.92 Å². The maximum absolute atomic E-state index is 12.1. The lowest BCUT2D eigenvalue weighted by Gasteiger charge is -2.12. The minimum absolute atomic E-state index is 0.163. The van der Waals surface area contributed by atoms with Crippen LogP contribution in [-0.2, 0) is 16.1 Å². The fourth-order valence-electron chi connectivity index (χ4n) is 2.00. The van der Waals surface area contributed by atoms with Crippen molar-refractivity contribution < 1.29 is 18.8 Å². The number of hydrogen-bond donors (Lipinski definition) is 2. The number of carbonyl (C=O) groups is 2. The van der Waals surface area contributed by atoms with Crippen LogP contribution in [0.25, 0.3) is 0 Å². The van der Waals surface area contributed by atoms with Crippen LogP contribution in [0.15, 0.2) is 28.9 Å². The number of carbonyl (C=O) groups excluding carboxylic acids is 2. The molecule has 1 unspecified atom stereocenters. The van der Waals surface area contributed by atoms with Gasteiger partial charge >= 0.3 is 0 Å². The van der Waals surface area contributed by atoms with Crippen molar-refractivity contribution >= 4 is 29.4 Å². The minimum atomic E-state index is -0.407. The van der Waals surface area contributed by atoms with Crippen LogP contribution in [-0.4, -0.2) is 39.6 Å². The highest BCUT2D eigenvalue weighted by Crippen LogP contribution is 2.16. The Hall–Kier alpha value is -2.55. The van der Waals surface area contributed by atoms with E-state index in [1.54, 1.807) is 32.2 Å². The Morgan fingerprint density at radius 1 is 1.42 bits per heavy atom. The molecule has 0 radical (unpaired) electrons. The third-order valence-corrected chi connectivity index (χ3v) is 4.46. The summed E-state index contributed by atoms with van der Waals surface area (Å²) in [5.74, 6) is 1.25. The number of ether oxygens (including phenoxy) is 1. The fourth-order valence-corrected chi connectivity index (χ4v) is 2.71. The smallest absolute Gasteiger partial charge is 0.238 e. The van der Waals surface area contributed by atoms with E-state index >= 15 is 0 Å². The number of nitrogens with zero attached hydrogens (tertiary/aromatic N) is 2. The molecule has 0 aliphatic carbocycles. The van der Waals surface area contributed by atoms with Gasteiger partial charge in [-0.2, -0.15) is 0 Å². The van der Waals surface area contributed by atoms with E-state index in [2.05, 4.69) is 20.8 Å². The van der Waals surface area contributed by atoms with Crippen molar-refractivity contribution in [1.29, 1.82) is 0 Å². The Morgan fingerprint density at radius 3 is 2.92 bits per heavy atom. The van der Waals surface area contributed by atoms with E-state index in [1.165, 1.54) is 11.8 Å². The summed E-state index contributed by atoms with van der Waals surface area (Å²) in [5, 5.41) is 8.75. The lowest BCUT2D eigenvalue weighted by atomic mass is 10.2. The topological polar surface area (TPSA) is 106 Å². The van der Waals surface area contributed by atoms with Gasteiger partial charge in [0.1, 0.15) is 5.76 Å². The van der Waals surface area contributed by atoms with Crippen molar-refractivity contribution in [3.8, 4) is 5.88 Å². The molecule has 0 aliphatic rings. The Balaban J connectivity index is 1.75. The molecule has 2 aromatic rings. The van der Waals surface area contributed by atoms with Gasteiger partial charge in [-0.15, -0.1) is 11.8 Å². The second kappa shape index (κ2) is 9.81. The number of anilines is 1. The number of amides is 2. The van der Waals surface area contributed by atoms with E-state index in [0.717, 1.165) is 5.56 Å². The lowest BCUT2D eigenvalue weighted by Crippen LogP contribution is -2.28. The van der Waals surface area contributed by atoms with Gasteiger partial charge in [-0.1, -0.05) is 11.2 Å². The van der Waals surface area contributed by atoms with Crippen LogP contribution in [0.4, 0.5) is 5.82 Å². The first-order valence-corrected chi connectivity index (χ1v) is 9.23. The summed E-state index contributed by atoms with van der Waals surface area (Å²) in [5.41, 5.74) is 0.805. The number of nitrogens with one attached hydrogen (secondary N) is 2. The number of pyridine rings is 1. The molecule has 2 rings (SSSR count). The zero-order valence-corrected chi connectivity index (χ0v) is 15.8. The molecular formula is C17H22N4O4S. The molecule has 8 nitrogen and oxygen atoms in total. The lowest BCUT2D eigenvalue weighted by molar-refractivity contribution is -0.118. The molecule has 2 amide bonds. The van der Waals surface area contributed by atoms with E-state index in [4.69, 9.17) is 9.26 Å². The van der Waals surface area contributed by atoms with Gasteiger partial charge in [0.2, 0.25) is 17.7 Å². The van der Waals surface area contributed by atoms with Gasteiger partial charge in [0.05, 0.1) is 17.6 Å². The quantitative estimate of drug-likeness (QED) is 0.688. The van der Waals surface area contributed by atoms with Crippen molar-refractivity contribution in [2.24, 2.45) is 0 Å². The highest BCUT2D eigenvalue weighted by atomic mass is 32.2. The van der Waals surface area contributed by atoms with Gasteiger partial charge in [-0.3, -0.25) is 9.59 Å². The average Bonchev–Trinajstić information content (AvgIpc) is 3.03. The van der Waals surface area contributed by atoms with E-state index < -0.39 is 5.25 Å². The average molecular weight is 378 g/mol. The maximum Gasteiger partial charge on any atom is 0.238 e. The Morgan fingerprint density at radius 2 is 2.23 bits per heavy atom. The van der Waals surface area contributed by atoms with Crippen LogP contribution in [0.3, 0.4) is 0 Å². The summed E-state index contributed by atoms with van der Waals surface area (Å²) in [6, 6.07) is 5.27. The Labute approximate surface area is 156 Å². The predicted octanol–water partition coefficient (Wildman–Crippen LogP) is 2.15. The first-order chi connectivity index (χ1) is 12.5. The minimum Gasteiger partial charge on any atom is -0.478 e. The van der Waals surface area contributed by atoms with E-state index in [1.807, 2.05) is 13.0 Å². The molecule has 0 aliphatic heterocycles. The van der Waals surface area contributed by atoms with Gasteiger partial charge in [-0.25, -0.2) is 4.98 Å². The maximum atomic E-state index is 12.1. The summed E-state index contributed by atoms with van der Waals surface area (Å²) in [6.07, 6.45) is 1.64. The third kappa shape index (κ3) is 6.07. The molecule has 26 heavy (non-hydrogen) atoms. The summed E-state index contributed by atoms with van der Waals surface area (Å²) in [4.78, 5) is 28.2. The highest BCUT2D eigenvalue weighted by Gasteiger charge is 2.17. The van der Waals surface area contributed by atoms with Crippen molar-refractivity contribution in [3.63, 3.8) is 0 Å². The molecule has 140 valence electrons. The van der Waals surface area contributed by atoms with E-state index in [0.29, 0.717) is 30.6 Å². The van der Waals surface area contributed by atoms with Crippen molar-refractivity contribution in [2.75, 3.05) is 17.7 Å². The van der Waals surface area contributed by atoms with Crippen LogP contribution < -0.4 is 15.4 Å². The molecule has 2 heterocycles. The Bertz CT molecular complexity index is 750. The van der Waals surface area contributed by atoms with Crippen molar-refractivity contribution in [1.82, 2.24) is 15.5 Å². The number of aryl methyl sites for hydroxylation is 1. The molecular weight excluding hydrogens is 356 g/mol. The van der Waals surface area contributed by atoms with Crippen LogP contribution in [0.1, 0.15) is 25.2 Å². The van der Waals surface area contributed by atoms with Gasteiger partial charge in [-0.05, 0) is 26.8 Å². The second-order valence-electron chi connectivity index (χ2n) is 5.44. The van der Waals surface area contributed by atoms with Gasteiger partial charge in [0.15, 0.2) is 5.82 Å². The largest absolute Gasteiger partial charge is 0.478 e. The van der Waals surface area contributed by atoms with Crippen molar-refractivity contribution in [2.45, 2.75) is 32.6 Å².